The number of carboxylic acid groups (broad SMARTS) is 1. The molecule has 3 N–H and O–H groups in total. The second-order valence-corrected chi connectivity index (χ2v) is 12.5. The minimum atomic E-state index is -1.10. The predicted octanol–water partition coefficient (Wildman–Crippen LogP) is 6.12. The van der Waals surface area contributed by atoms with Crippen molar-refractivity contribution in [3.05, 3.63) is 82.7 Å². The molecule has 0 spiro atoms. The second kappa shape index (κ2) is 12.7. The number of benzene rings is 2. The molecule has 8 heteroatoms. The summed E-state index contributed by atoms with van der Waals surface area (Å²) in [7, 11) is 0. The molecule has 0 bridgehead atoms. The average molecular weight is 549 g/mol. The number of rotatable bonds is 10. The van der Waals surface area contributed by atoms with Gasteiger partial charge in [-0.15, -0.1) is 0 Å². The maximum atomic E-state index is 12.2. The Bertz CT molecular complexity index is 1300. The Labute approximate surface area is 238 Å². The fourth-order valence-electron chi connectivity index (χ4n) is 4.64. The van der Waals surface area contributed by atoms with Crippen molar-refractivity contribution in [1.82, 2.24) is 20.4 Å². The van der Waals surface area contributed by atoms with E-state index >= 15 is 0 Å². The van der Waals surface area contributed by atoms with E-state index in [1.54, 1.807) is 20.8 Å². The van der Waals surface area contributed by atoms with Crippen molar-refractivity contribution in [1.29, 1.82) is 0 Å². The first-order valence-electron chi connectivity index (χ1n) is 13.8. The molecule has 0 aliphatic rings. The number of carbonyl (C=O) groups excluding carboxylic acids is 1. The molecule has 0 saturated carbocycles. The van der Waals surface area contributed by atoms with Crippen LogP contribution in [0, 0.1) is 19.3 Å². The molecule has 0 radical (unpaired) electrons. The number of alkyl carbamates (subject to hydrolysis) is 1. The van der Waals surface area contributed by atoms with Crippen LogP contribution in [0.25, 0.3) is 5.69 Å². The molecule has 2 atom stereocenters. The van der Waals surface area contributed by atoms with Gasteiger partial charge in [-0.25, -0.2) is 14.3 Å². The van der Waals surface area contributed by atoms with Gasteiger partial charge >= 0.3 is 12.1 Å². The van der Waals surface area contributed by atoms with E-state index in [0.717, 1.165) is 33.6 Å². The van der Waals surface area contributed by atoms with E-state index in [9.17, 15) is 14.7 Å². The van der Waals surface area contributed by atoms with E-state index in [-0.39, 0.29) is 17.9 Å². The van der Waals surface area contributed by atoms with Crippen LogP contribution in [-0.2, 0) is 16.0 Å². The molecule has 3 rings (SSSR count). The molecule has 1 aromatic heterocycles. The maximum Gasteiger partial charge on any atom is 0.408 e. The zero-order valence-corrected chi connectivity index (χ0v) is 25.0. The molecule has 8 nitrogen and oxygen atoms in total. The van der Waals surface area contributed by atoms with E-state index in [1.165, 1.54) is 0 Å². The fraction of sp³-hybridized carbons (Fsp3) is 0.469. The normalized spacial score (nSPS) is 13.5. The SMILES string of the molecule is Cc1ccc(C)c(-n2cc([C@H](NCC[C@H](NC(=O)OC(C)(C)C)C(=O)O)C(C)(C)C)c(Cc3ccccc3)n2)c1. The Kier molecular flexibility index (Phi) is 9.79. The van der Waals surface area contributed by atoms with Crippen molar-refractivity contribution in [3.8, 4) is 5.69 Å². The van der Waals surface area contributed by atoms with Crippen LogP contribution in [0.5, 0.6) is 0 Å². The molecule has 216 valence electrons. The van der Waals surface area contributed by atoms with Gasteiger partial charge in [-0.2, -0.15) is 5.10 Å². The van der Waals surface area contributed by atoms with Crippen LogP contribution in [0.4, 0.5) is 4.79 Å². The number of hydrogen-bond acceptors (Lipinski definition) is 5. The number of aryl methyl sites for hydroxylation is 2. The first-order valence-corrected chi connectivity index (χ1v) is 13.8. The lowest BCUT2D eigenvalue weighted by molar-refractivity contribution is -0.139. The first kappa shape index (κ1) is 30.9. The van der Waals surface area contributed by atoms with E-state index < -0.39 is 23.7 Å². The summed E-state index contributed by atoms with van der Waals surface area (Å²) in [6.45, 7) is 16.2. The maximum absolute atomic E-state index is 12.2. The largest absolute Gasteiger partial charge is 0.480 e. The zero-order valence-electron chi connectivity index (χ0n) is 25.0. The average Bonchev–Trinajstić information content (AvgIpc) is 3.23. The number of nitrogens with zero attached hydrogens (tertiary/aromatic N) is 2. The van der Waals surface area contributed by atoms with Crippen molar-refractivity contribution in [2.75, 3.05) is 6.54 Å². The van der Waals surface area contributed by atoms with Crippen molar-refractivity contribution < 1.29 is 19.4 Å². The summed E-state index contributed by atoms with van der Waals surface area (Å²) in [5.41, 5.74) is 5.57. The number of amides is 1. The van der Waals surface area contributed by atoms with Crippen LogP contribution >= 0.6 is 0 Å². The van der Waals surface area contributed by atoms with E-state index in [4.69, 9.17) is 9.84 Å². The number of hydrogen-bond donors (Lipinski definition) is 3. The van der Waals surface area contributed by atoms with Gasteiger partial charge in [0, 0.05) is 24.2 Å². The topological polar surface area (TPSA) is 105 Å². The third-order valence-corrected chi connectivity index (χ3v) is 6.60. The standard InChI is InChI=1S/C32H44N4O4/c1-21-14-15-22(2)27(18-21)36-20-24(26(35-36)19-23-12-10-9-11-13-23)28(31(3,4)5)33-17-16-25(29(37)38)34-30(39)40-32(6,7)8/h9-15,18,20,25,28,33H,16-17,19H2,1-8H3,(H,34,39)(H,37,38)/t25-,28-/m0/s1. The number of carbonyl (C=O) groups is 2. The first-order chi connectivity index (χ1) is 18.6. The highest BCUT2D eigenvalue weighted by atomic mass is 16.6. The Balaban J connectivity index is 1.91. The van der Waals surface area contributed by atoms with Crippen molar-refractivity contribution in [2.24, 2.45) is 5.41 Å². The summed E-state index contributed by atoms with van der Waals surface area (Å²) in [6.07, 6.45) is 2.21. The van der Waals surface area contributed by atoms with Gasteiger partial charge in [-0.1, -0.05) is 63.2 Å². The van der Waals surface area contributed by atoms with Crippen molar-refractivity contribution in [2.45, 2.75) is 85.9 Å². The molecule has 0 aliphatic carbocycles. The number of aliphatic carboxylic acids is 1. The molecule has 0 aliphatic heterocycles. The molecule has 1 heterocycles. The van der Waals surface area contributed by atoms with E-state index in [0.29, 0.717) is 13.0 Å². The van der Waals surface area contributed by atoms with Crippen LogP contribution in [-0.4, -0.2) is 45.1 Å². The predicted molar refractivity (Wildman–Crippen MR) is 158 cm³/mol. The highest BCUT2D eigenvalue weighted by Crippen LogP contribution is 2.36. The second-order valence-electron chi connectivity index (χ2n) is 12.5. The molecular formula is C32H44N4O4. The molecule has 3 aromatic rings. The van der Waals surface area contributed by atoms with Crippen molar-refractivity contribution in [3.63, 3.8) is 0 Å². The molecule has 1 amide bonds. The van der Waals surface area contributed by atoms with Gasteiger partial charge in [0.05, 0.1) is 11.4 Å². The van der Waals surface area contributed by atoms with Crippen LogP contribution in [0.15, 0.2) is 54.7 Å². The van der Waals surface area contributed by atoms with E-state index in [2.05, 4.69) is 81.8 Å². The number of aromatic nitrogens is 2. The van der Waals surface area contributed by atoms with Crippen LogP contribution in [0.1, 0.15) is 82.0 Å². The quantitative estimate of drug-likeness (QED) is 0.282. The van der Waals surface area contributed by atoms with Gasteiger partial charge in [0.15, 0.2) is 0 Å². The number of ether oxygens (including phenoxy) is 1. The van der Waals surface area contributed by atoms with Crippen LogP contribution in [0.3, 0.4) is 0 Å². The summed E-state index contributed by atoms with van der Waals surface area (Å²) >= 11 is 0. The molecule has 40 heavy (non-hydrogen) atoms. The van der Waals surface area contributed by atoms with Gasteiger partial charge in [0.25, 0.3) is 0 Å². The minimum absolute atomic E-state index is 0.124. The summed E-state index contributed by atoms with van der Waals surface area (Å²) in [6, 6.07) is 15.4. The van der Waals surface area contributed by atoms with Crippen LogP contribution in [0.2, 0.25) is 0 Å². The molecule has 0 saturated heterocycles. The van der Waals surface area contributed by atoms with Gasteiger partial charge in [0.2, 0.25) is 0 Å². The zero-order chi connectivity index (χ0) is 29.7. The molecular weight excluding hydrogens is 504 g/mol. The summed E-state index contributed by atoms with van der Waals surface area (Å²) in [5, 5.41) is 20.9. The smallest absolute Gasteiger partial charge is 0.408 e. The highest BCUT2D eigenvalue weighted by Gasteiger charge is 2.31. The van der Waals surface area contributed by atoms with Gasteiger partial charge in [-0.3, -0.25) is 0 Å². The molecule has 0 fully saturated rings. The minimum Gasteiger partial charge on any atom is -0.480 e. The highest BCUT2D eigenvalue weighted by molar-refractivity contribution is 5.80. The van der Waals surface area contributed by atoms with E-state index in [1.807, 2.05) is 22.9 Å². The molecule has 0 unspecified atom stereocenters. The Morgan fingerprint density at radius 1 is 1.02 bits per heavy atom. The summed E-state index contributed by atoms with van der Waals surface area (Å²) in [4.78, 5) is 24.1. The Morgan fingerprint density at radius 3 is 2.30 bits per heavy atom. The van der Waals surface area contributed by atoms with Gasteiger partial charge in [-0.05, 0) is 75.8 Å². The third-order valence-electron chi connectivity index (χ3n) is 6.60. The summed E-state index contributed by atoms with van der Waals surface area (Å²) in [5.74, 6) is -1.10. The lowest BCUT2D eigenvalue weighted by Gasteiger charge is -2.32. The lowest BCUT2D eigenvalue weighted by atomic mass is 9.81. The monoisotopic (exact) mass is 548 g/mol. The number of carboxylic acids is 1. The Morgan fingerprint density at radius 2 is 1.70 bits per heavy atom. The third kappa shape index (κ3) is 8.68. The Hall–Kier alpha value is -3.65. The van der Waals surface area contributed by atoms with Gasteiger partial charge in [0.1, 0.15) is 11.6 Å². The lowest BCUT2D eigenvalue weighted by Crippen LogP contribution is -2.45. The summed E-state index contributed by atoms with van der Waals surface area (Å²) < 4.78 is 7.22. The number of nitrogens with one attached hydrogen (secondary N) is 2. The van der Waals surface area contributed by atoms with Crippen molar-refractivity contribution >= 4 is 12.1 Å². The van der Waals surface area contributed by atoms with Crippen LogP contribution < -0.4 is 10.6 Å². The fourth-order valence-corrected chi connectivity index (χ4v) is 4.64. The molecule has 2 aromatic carbocycles. The van der Waals surface area contributed by atoms with Gasteiger partial charge < -0.3 is 20.5 Å².